The average molecular weight is 579 g/mol. The number of primary amides is 1. The number of hydrazine groups is 1. The first kappa shape index (κ1) is 34.3. The van der Waals surface area contributed by atoms with Gasteiger partial charge in [-0.3, -0.25) is 19.2 Å². The molecule has 228 valence electrons. The highest BCUT2D eigenvalue weighted by molar-refractivity contribution is 7.82. The monoisotopic (exact) mass is 578 g/mol. The minimum absolute atomic E-state index is 0.0672. The van der Waals surface area contributed by atoms with Gasteiger partial charge in [0.2, 0.25) is 11.8 Å². The highest BCUT2D eigenvalue weighted by Gasteiger charge is 2.53. The molecular formula is C31H54N4O4S. The lowest BCUT2D eigenvalue weighted by atomic mass is 9.79. The normalized spacial score (nSPS) is 21.6. The van der Waals surface area contributed by atoms with Gasteiger partial charge in [0.25, 0.3) is 11.8 Å². The van der Waals surface area contributed by atoms with Gasteiger partial charge in [-0.2, -0.15) is 5.01 Å². The zero-order valence-electron chi connectivity index (χ0n) is 25.9. The molecule has 40 heavy (non-hydrogen) atoms. The van der Waals surface area contributed by atoms with Gasteiger partial charge in [-0.05, 0) is 65.7 Å². The molecule has 2 fully saturated rings. The van der Waals surface area contributed by atoms with Crippen molar-refractivity contribution >= 4 is 40.7 Å². The molecule has 3 N–H and O–H groups in total. The molecule has 9 heteroatoms. The fourth-order valence-corrected chi connectivity index (χ4v) is 7.08. The number of hydrogen-bond donors (Lipinski definition) is 2. The number of nitrogens with zero attached hydrogens (tertiary/aromatic N) is 2. The number of nitrogens with two attached hydrogens (primary N) is 1. The zero-order chi connectivity index (χ0) is 30.1. The van der Waals surface area contributed by atoms with E-state index in [2.05, 4.69) is 39.9 Å². The summed E-state index contributed by atoms with van der Waals surface area (Å²) in [4.78, 5) is 52.4. The SMILES string of the molecule is CCCCCCCCCCC(C)C1C(=O)N(N(C(=O)CCCCC(N)=O)C2CC(C)(C)NC(C)(C)C2)C(=O)C1=S. The van der Waals surface area contributed by atoms with E-state index >= 15 is 0 Å². The molecule has 2 heterocycles. The third kappa shape index (κ3) is 9.89. The largest absolute Gasteiger partial charge is 0.370 e. The molecule has 4 amide bonds. The van der Waals surface area contributed by atoms with Crippen molar-refractivity contribution in [3.63, 3.8) is 0 Å². The summed E-state index contributed by atoms with van der Waals surface area (Å²) in [6.45, 7) is 12.5. The Labute approximate surface area is 247 Å². The van der Waals surface area contributed by atoms with E-state index in [0.29, 0.717) is 25.7 Å². The Morgan fingerprint density at radius 2 is 1.48 bits per heavy atom. The summed E-state index contributed by atoms with van der Waals surface area (Å²) in [5.74, 6) is -2.35. The van der Waals surface area contributed by atoms with Crippen LogP contribution in [0.3, 0.4) is 0 Å². The molecule has 0 aromatic carbocycles. The molecule has 8 nitrogen and oxygen atoms in total. The fraction of sp³-hybridized carbons (Fsp3) is 0.839. The van der Waals surface area contributed by atoms with Crippen LogP contribution in [-0.4, -0.2) is 55.6 Å². The molecular weight excluding hydrogens is 524 g/mol. The third-order valence-electron chi connectivity index (χ3n) is 8.29. The van der Waals surface area contributed by atoms with Crippen LogP contribution >= 0.6 is 12.2 Å². The first-order chi connectivity index (χ1) is 18.7. The zero-order valence-corrected chi connectivity index (χ0v) is 26.7. The van der Waals surface area contributed by atoms with Gasteiger partial charge in [-0.15, -0.1) is 0 Å². The van der Waals surface area contributed by atoms with Crippen molar-refractivity contribution in [1.82, 2.24) is 15.3 Å². The van der Waals surface area contributed by atoms with Gasteiger partial charge in [-0.1, -0.05) is 77.4 Å². The minimum Gasteiger partial charge on any atom is -0.370 e. The first-order valence-electron chi connectivity index (χ1n) is 15.5. The van der Waals surface area contributed by atoms with Crippen molar-refractivity contribution in [2.45, 2.75) is 155 Å². The van der Waals surface area contributed by atoms with Crippen molar-refractivity contribution < 1.29 is 19.2 Å². The van der Waals surface area contributed by atoms with Crippen LogP contribution in [0.4, 0.5) is 0 Å². The molecule has 2 aliphatic heterocycles. The maximum Gasteiger partial charge on any atom is 0.287 e. The van der Waals surface area contributed by atoms with Gasteiger partial charge >= 0.3 is 0 Å². The van der Waals surface area contributed by atoms with Crippen LogP contribution in [0.15, 0.2) is 0 Å². The fourth-order valence-electron chi connectivity index (χ4n) is 6.66. The lowest BCUT2D eigenvalue weighted by molar-refractivity contribution is -0.177. The number of carbonyl (C=O) groups excluding carboxylic acids is 4. The second kappa shape index (κ2) is 15.4. The maximum atomic E-state index is 13.9. The van der Waals surface area contributed by atoms with Crippen molar-refractivity contribution in [3.05, 3.63) is 0 Å². The molecule has 0 radical (unpaired) electrons. The van der Waals surface area contributed by atoms with E-state index < -0.39 is 17.7 Å². The first-order valence-corrected chi connectivity index (χ1v) is 15.9. The van der Waals surface area contributed by atoms with Crippen molar-refractivity contribution in [3.8, 4) is 0 Å². The van der Waals surface area contributed by atoms with Gasteiger partial charge in [-0.25, -0.2) is 5.01 Å². The van der Waals surface area contributed by atoms with E-state index in [1.807, 2.05) is 6.92 Å². The van der Waals surface area contributed by atoms with E-state index in [1.54, 1.807) is 0 Å². The molecule has 0 aromatic heterocycles. The number of unbranched alkanes of at least 4 members (excludes halogenated alkanes) is 8. The van der Waals surface area contributed by atoms with E-state index in [4.69, 9.17) is 18.0 Å². The Morgan fingerprint density at radius 3 is 2.02 bits per heavy atom. The third-order valence-corrected chi connectivity index (χ3v) is 8.72. The molecule has 0 spiro atoms. The molecule has 2 saturated heterocycles. The van der Waals surface area contributed by atoms with Crippen LogP contribution in [0.1, 0.15) is 138 Å². The van der Waals surface area contributed by atoms with Gasteiger partial charge in [0.05, 0.1) is 16.8 Å². The van der Waals surface area contributed by atoms with E-state index in [1.165, 1.54) is 43.5 Å². The summed E-state index contributed by atoms with van der Waals surface area (Å²) in [5, 5.41) is 6.12. The summed E-state index contributed by atoms with van der Waals surface area (Å²) in [6, 6.07) is -0.340. The molecule has 2 rings (SSSR count). The Morgan fingerprint density at radius 1 is 0.950 bits per heavy atom. The molecule has 0 bridgehead atoms. The van der Waals surface area contributed by atoms with Crippen LogP contribution in [0.5, 0.6) is 0 Å². The Bertz CT molecular complexity index is 903. The molecule has 2 aliphatic rings. The summed E-state index contributed by atoms with van der Waals surface area (Å²) < 4.78 is 0. The van der Waals surface area contributed by atoms with Crippen molar-refractivity contribution in [2.24, 2.45) is 17.6 Å². The summed E-state index contributed by atoms with van der Waals surface area (Å²) in [6.07, 6.45) is 12.9. The summed E-state index contributed by atoms with van der Waals surface area (Å²) >= 11 is 5.57. The van der Waals surface area contributed by atoms with Crippen LogP contribution in [0.25, 0.3) is 0 Å². The number of nitrogens with one attached hydrogen (secondary N) is 1. The Kier molecular flexibility index (Phi) is 13.2. The predicted octanol–water partition coefficient (Wildman–Crippen LogP) is 5.61. The Hall–Kier alpha value is -1.87. The quantitative estimate of drug-likeness (QED) is 0.132. The van der Waals surface area contributed by atoms with Gasteiger partial charge < -0.3 is 11.1 Å². The van der Waals surface area contributed by atoms with Gasteiger partial charge in [0, 0.05) is 23.9 Å². The lowest BCUT2D eigenvalue weighted by Crippen LogP contribution is -2.66. The standard InChI is InChI=1S/C31H54N4O4S/c1-7-8-9-10-11-12-13-14-17-22(2)26-27(40)29(39)35(28(26)38)34(25(37)19-16-15-18-24(32)36)23-20-30(3,4)33-31(5,6)21-23/h22-23,26,33H,7-21H2,1-6H3,(H2,32,36). The topological polar surface area (TPSA) is 113 Å². The number of thiocarbonyl (C=S) groups is 1. The van der Waals surface area contributed by atoms with Crippen LogP contribution in [-0.2, 0) is 19.2 Å². The van der Waals surface area contributed by atoms with Crippen LogP contribution in [0, 0.1) is 11.8 Å². The van der Waals surface area contributed by atoms with E-state index in [9.17, 15) is 19.2 Å². The predicted molar refractivity (Wildman–Crippen MR) is 163 cm³/mol. The average Bonchev–Trinajstić information content (AvgIpc) is 3.05. The Balaban J connectivity index is 2.16. The smallest absolute Gasteiger partial charge is 0.287 e. The molecule has 0 aliphatic carbocycles. The number of amides is 4. The summed E-state index contributed by atoms with van der Waals surface area (Å²) in [5.41, 5.74) is 4.67. The van der Waals surface area contributed by atoms with E-state index in [0.717, 1.165) is 24.3 Å². The van der Waals surface area contributed by atoms with E-state index in [-0.39, 0.29) is 52.6 Å². The second-order valence-electron chi connectivity index (χ2n) is 13.4. The number of carbonyl (C=O) groups is 4. The number of hydrogen-bond acceptors (Lipinski definition) is 6. The highest BCUT2D eigenvalue weighted by atomic mass is 32.1. The molecule has 0 aromatic rings. The number of rotatable bonds is 17. The molecule has 0 saturated carbocycles. The molecule has 2 unspecified atom stereocenters. The number of piperidine rings is 1. The maximum absolute atomic E-state index is 13.9. The lowest BCUT2D eigenvalue weighted by Gasteiger charge is -2.50. The van der Waals surface area contributed by atoms with Crippen LogP contribution in [0.2, 0.25) is 0 Å². The van der Waals surface area contributed by atoms with Crippen molar-refractivity contribution in [1.29, 1.82) is 0 Å². The van der Waals surface area contributed by atoms with Gasteiger partial charge in [0.15, 0.2) is 0 Å². The molecule has 2 atom stereocenters. The van der Waals surface area contributed by atoms with Crippen LogP contribution < -0.4 is 11.1 Å². The highest BCUT2D eigenvalue weighted by Crippen LogP contribution is 2.36. The number of imide groups is 1. The minimum atomic E-state index is -0.681. The summed E-state index contributed by atoms with van der Waals surface area (Å²) in [7, 11) is 0. The second-order valence-corrected chi connectivity index (χ2v) is 13.8. The van der Waals surface area contributed by atoms with Gasteiger partial charge in [0.1, 0.15) is 0 Å². The van der Waals surface area contributed by atoms with Crippen molar-refractivity contribution in [2.75, 3.05) is 0 Å².